The third-order valence-electron chi connectivity index (χ3n) is 11.7. The lowest BCUT2D eigenvalue weighted by Gasteiger charge is -2.40. The van der Waals surface area contributed by atoms with E-state index in [-0.39, 0.29) is 12.5 Å². The molecule has 0 aliphatic carbocycles. The number of carbonyl (C=O) groups excluding carboxylic acids is 1. The highest BCUT2D eigenvalue weighted by Gasteiger charge is 2.44. The minimum Gasteiger partial charge on any atom is -0.394 e. The van der Waals surface area contributed by atoms with Crippen molar-refractivity contribution in [3.63, 3.8) is 0 Å². The molecule has 1 aliphatic heterocycles. The van der Waals surface area contributed by atoms with E-state index in [4.69, 9.17) is 9.47 Å². The summed E-state index contributed by atoms with van der Waals surface area (Å²) in [6.45, 7) is 3.85. The van der Waals surface area contributed by atoms with Crippen molar-refractivity contribution in [3.05, 3.63) is 0 Å². The molecule has 7 atom stereocenters. The Kier molecular flexibility index (Phi) is 35.6. The fourth-order valence-corrected chi connectivity index (χ4v) is 7.87. The molecule has 0 aromatic rings. The van der Waals surface area contributed by atoms with E-state index in [1.165, 1.54) is 167 Å². The highest BCUT2D eigenvalue weighted by atomic mass is 16.7. The maximum atomic E-state index is 13.0. The molecule has 55 heavy (non-hydrogen) atoms. The molecule has 9 heteroatoms. The highest BCUT2D eigenvalue weighted by molar-refractivity contribution is 5.76. The number of aliphatic hydroxyl groups is 5. The van der Waals surface area contributed by atoms with E-state index in [0.29, 0.717) is 12.8 Å². The van der Waals surface area contributed by atoms with Crippen LogP contribution < -0.4 is 5.32 Å². The molecule has 1 heterocycles. The van der Waals surface area contributed by atoms with E-state index in [0.717, 1.165) is 38.5 Å². The maximum Gasteiger partial charge on any atom is 0.220 e. The predicted octanol–water partition coefficient (Wildman–Crippen LogP) is 9.95. The van der Waals surface area contributed by atoms with Crippen molar-refractivity contribution in [1.82, 2.24) is 5.32 Å². The average molecular weight is 786 g/mol. The van der Waals surface area contributed by atoms with E-state index in [2.05, 4.69) is 19.2 Å². The van der Waals surface area contributed by atoms with Crippen LogP contribution in [-0.2, 0) is 14.3 Å². The van der Waals surface area contributed by atoms with Gasteiger partial charge in [-0.25, -0.2) is 0 Å². The average Bonchev–Trinajstić information content (AvgIpc) is 3.18. The number of rotatable bonds is 40. The summed E-state index contributed by atoms with van der Waals surface area (Å²) in [7, 11) is 0. The smallest absolute Gasteiger partial charge is 0.220 e. The number of hydrogen-bond donors (Lipinski definition) is 6. The number of carbonyl (C=O) groups is 1. The Hall–Kier alpha value is -0.810. The van der Waals surface area contributed by atoms with Crippen molar-refractivity contribution in [2.24, 2.45) is 0 Å². The van der Waals surface area contributed by atoms with Crippen molar-refractivity contribution >= 4 is 5.91 Å². The second-order valence-electron chi connectivity index (χ2n) is 16.9. The zero-order chi connectivity index (χ0) is 40.2. The molecule has 1 amide bonds. The molecular weight excluding hydrogens is 695 g/mol. The summed E-state index contributed by atoms with van der Waals surface area (Å²) < 4.78 is 11.3. The first kappa shape index (κ1) is 52.2. The summed E-state index contributed by atoms with van der Waals surface area (Å²) in [5.41, 5.74) is 0. The largest absolute Gasteiger partial charge is 0.394 e. The molecule has 0 aromatic carbocycles. The van der Waals surface area contributed by atoms with Gasteiger partial charge in [0.2, 0.25) is 5.91 Å². The minimum atomic E-state index is -1.55. The molecule has 1 aliphatic rings. The van der Waals surface area contributed by atoms with Gasteiger partial charge in [0, 0.05) is 6.42 Å². The minimum absolute atomic E-state index is 0.132. The van der Waals surface area contributed by atoms with Gasteiger partial charge in [0.1, 0.15) is 24.4 Å². The van der Waals surface area contributed by atoms with Gasteiger partial charge >= 0.3 is 0 Å². The monoisotopic (exact) mass is 786 g/mol. The molecule has 0 bridgehead atoms. The lowest BCUT2D eigenvalue weighted by atomic mass is 9.99. The number of unbranched alkanes of at least 4 members (excludes halogenated alkanes) is 30. The van der Waals surface area contributed by atoms with Crippen molar-refractivity contribution < 1.29 is 39.8 Å². The summed E-state index contributed by atoms with van der Waals surface area (Å²) in [6.07, 6.45) is 33.9. The molecule has 0 spiro atoms. The second kappa shape index (κ2) is 37.5. The maximum absolute atomic E-state index is 13.0. The molecular formula is C46H91NO8. The van der Waals surface area contributed by atoms with Crippen molar-refractivity contribution in [2.75, 3.05) is 13.2 Å². The first-order valence-corrected chi connectivity index (χ1v) is 23.7. The SMILES string of the molecule is CCCCCCCCCCCCCCCCCCCC(O)C(COC1OC(CO)C(O)C(O)C1O)NC(=O)CCCCCCCCCCCCCCCCC. The standard InChI is InChI=1S/C46H91NO8/c1-3-5-7-9-11-13-15-17-19-20-22-23-25-27-29-31-33-35-40(49)39(38-54-46-45(53)44(52)43(51)41(37-48)55-46)47-42(50)36-34-32-30-28-26-24-21-18-16-14-12-10-8-6-4-2/h39-41,43-46,48-49,51-53H,3-38H2,1-2H3,(H,47,50). The van der Waals surface area contributed by atoms with Crippen molar-refractivity contribution in [2.45, 2.75) is 275 Å². The first-order chi connectivity index (χ1) is 26.8. The third kappa shape index (κ3) is 28.3. The Balaban J connectivity index is 2.30. The van der Waals surface area contributed by atoms with Crippen LogP contribution in [0.4, 0.5) is 0 Å². The Morgan fingerprint density at radius 1 is 0.545 bits per heavy atom. The van der Waals surface area contributed by atoms with Gasteiger partial charge in [0.25, 0.3) is 0 Å². The summed E-state index contributed by atoms with van der Waals surface area (Å²) in [5, 5.41) is 54.4. The molecule has 0 radical (unpaired) electrons. The van der Waals surface area contributed by atoms with Crippen LogP contribution in [0.2, 0.25) is 0 Å². The summed E-state index contributed by atoms with van der Waals surface area (Å²) in [6, 6.07) is -0.711. The molecule has 328 valence electrons. The van der Waals surface area contributed by atoms with Gasteiger partial charge in [0.05, 0.1) is 25.4 Å². The van der Waals surface area contributed by atoms with Gasteiger partial charge in [-0.1, -0.05) is 213 Å². The topological polar surface area (TPSA) is 149 Å². The summed E-state index contributed by atoms with van der Waals surface area (Å²) in [5.74, 6) is -0.140. The van der Waals surface area contributed by atoms with Crippen LogP contribution in [0.3, 0.4) is 0 Å². The summed E-state index contributed by atoms with van der Waals surface area (Å²) >= 11 is 0. The quantitative estimate of drug-likeness (QED) is 0.0337. The normalized spacial score (nSPS) is 21.2. The number of hydrogen-bond acceptors (Lipinski definition) is 8. The Morgan fingerprint density at radius 3 is 1.29 bits per heavy atom. The number of amides is 1. The predicted molar refractivity (Wildman–Crippen MR) is 226 cm³/mol. The Morgan fingerprint density at radius 2 is 0.909 bits per heavy atom. The van der Waals surface area contributed by atoms with Crippen LogP contribution in [0.15, 0.2) is 0 Å². The van der Waals surface area contributed by atoms with Gasteiger partial charge in [-0.15, -0.1) is 0 Å². The van der Waals surface area contributed by atoms with Gasteiger partial charge in [-0.05, 0) is 12.8 Å². The molecule has 0 aromatic heterocycles. The molecule has 0 saturated carbocycles. The highest BCUT2D eigenvalue weighted by Crippen LogP contribution is 2.23. The zero-order valence-electron chi connectivity index (χ0n) is 36.0. The molecule has 6 N–H and O–H groups in total. The fraction of sp³-hybridized carbons (Fsp3) is 0.978. The Labute approximate surface area is 338 Å². The van der Waals surface area contributed by atoms with Crippen molar-refractivity contribution in [3.8, 4) is 0 Å². The first-order valence-electron chi connectivity index (χ1n) is 23.7. The Bertz CT molecular complexity index is 832. The van der Waals surface area contributed by atoms with E-state index >= 15 is 0 Å². The van der Waals surface area contributed by atoms with Crippen LogP contribution in [0, 0.1) is 0 Å². The van der Waals surface area contributed by atoms with Gasteiger partial charge in [-0.2, -0.15) is 0 Å². The van der Waals surface area contributed by atoms with E-state index in [1.807, 2.05) is 0 Å². The van der Waals surface area contributed by atoms with Crippen LogP contribution >= 0.6 is 0 Å². The molecule has 9 nitrogen and oxygen atoms in total. The zero-order valence-corrected chi connectivity index (χ0v) is 36.0. The third-order valence-corrected chi connectivity index (χ3v) is 11.7. The summed E-state index contributed by atoms with van der Waals surface area (Å²) in [4.78, 5) is 13.0. The van der Waals surface area contributed by atoms with Gasteiger partial charge < -0.3 is 40.3 Å². The second-order valence-corrected chi connectivity index (χ2v) is 16.9. The molecule has 1 rings (SSSR count). The van der Waals surface area contributed by atoms with Gasteiger partial charge in [0.15, 0.2) is 6.29 Å². The number of ether oxygens (including phenoxy) is 2. The molecule has 1 fully saturated rings. The van der Waals surface area contributed by atoms with Crippen LogP contribution in [-0.4, -0.2) is 87.5 Å². The number of aliphatic hydroxyl groups excluding tert-OH is 5. The lowest BCUT2D eigenvalue weighted by Crippen LogP contribution is -2.60. The van der Waals surface area contributed by atoms with Crippen LogP contribution in [0.25, 0.3) is 0 Å². The van der Waals surface area contributed by atoms with Gasteiger partial charge in [-0.3, -0.25) is 4.79 Å². The van der Waals surface area contributed by atoms with E-state index in [1.54, 1.807) is 0 Å². The number of nitrogens with one attached hydrogen (secondary N) is 1. The molecule has 1 saturated heterocycles. The lowest BCUT2D eigenvalue weighted by molar-refractivity contribution is -0.302. The fourth-order valence-electron chi connectivity index (χ4n) is 7.87. The van der Waals surface area contributed by atoms with Crippen LogP contribution in [0.5, 0.6) is 0 Å². The molecule has 7 unspecified atom stereocenters. The van der Waals surface area contributed by atoms with Crippen molar-refractivity contribution in [1.29, 1.82) is 0 Å². The van der Waals surface area contributed by atoms with E-state index in [9.17, 15) is 30.3 Å². The van der Waals surface area contributed by atoms with Crippen LogP contribution in [0.1, 0.15) is 232 Å². The van der Waals surface area contributed by atoms with E-state index < -0.39 is 49.5 Å².